The van der Waals surface area contributed by atoms with E-state index < -0.39 is 0 Å². The van der Waals surface area contributed by atoms with Gasteiger partial charge in [-0.1, -0.05) is 28.1 Å². The molecule has 0 bridgehead atoms. The minimum absolute atomic E-state index is 0.0368. The zero-order chi connectivity index (χ0) is 13.0. The SMILES string of the molecule is O=C1Nc2cc(Br)cc3c2N(CC3)c2ccccc21. The van der Waals surface area contributed by atoms with Crippen molar-refractivity contribution in [3.63, 3.8) is 0 Å². The number of fused-ring (bicyclic) bond motifs is 2. The van der Waals surface area contributed by atoms with Crippen molar-refractivity contribution < 1.29 is 4.79 Å². The standard InChI is InChI=1S/C15H11BrN2O/c16-10-7-9-5-6-18-13-4-2-1-3-11(13)15(19)17-12(8-10)14(9)18/h1-4,7-8H,5-6H2,(H,17,19). The van der Waals surface area contributed by atoms with Crippen LogP contribution >= 0.6 is 15.9 Å². The minimum atomic E-state index is -0.0368. The van der Waals surface area contributed by atoms with Crippen LogP contribution in [-0.2, 0) is 6.42 Å². The van der Waals surface area contributed by atoms with Crippen LogP contribution in [0.1, 0.15) is 15.9 Å². The maximum Gasteiger partial charge on any atom is 0.257 e. The molecule has 1 amide bonds. The molecule has 0 atom stereocenters. The Hall–Kier alpha value is -1.81. The number of rotatable bonds is 0. The quantitative estimate of drug-likeness (QED) is 0.804. The second-order valence-corrected chi connectivity index (χ2v) is 5.75. The number of carbonyl (C=O) groups excluding carboxylic acids is 1. The van der Waals surface area contributed by atoms with Crippen LogP contribution in [0.3, 0.4) is 0 Å². The minimum Gasteiger partial charge on any atom is -0.339 e. The second kappa shape index (κ2) is 3.84. The van der Waals surface area contributed by atoms with E-state index in [1.807, 2.05) is 30.3 Å². The molecule has 1 N–H and O–H groups in total. The van der Waals surface area contributed by atoms with Gasteiger partial charge in [0.15, 0.2) is 0 Å². The van der Waals surface area contributed by atoms with Crippen LogP contribution in [0.2, 0.25) is 0 Å². The molecule has 0 saturated carbocycles. The van der Waals surface area contributed by atoms with E-state index in [-0.39, 0.29) is 5.91 Å². The van der Waals surface area contributed by atoms with Crippen molar-refractivity contribution in [1.82, 2.24) is 0 Å². The summed E-state index contributed by atoms with van der Waals surface area (Å²) in [4.78, 5) is 14.5. The molecule has 3 nitrogen and oxygen atoms in total. The molecule has 0 fully saturated rings. The van der Waals surface area contributed by atoms with Gasteiger partial charge >= 0.3 is 0 Å². The highest BCUT2D eigenvalue weighted by atomic mass is 79.9. The van der Waals surface area contributed by atoms with E-state index in [2.05, 4.69) is 32.2 Å². The molecule has 4 rings (SSSR count). The summed E-state index contributed by atoms with van der Waals surface area (Å²) >= 11 is 3.51. The Morgan fingerprint density at radius 2 is 2.05 bits per heavy atom. The van der Waals surface area contributed by atoms with E-state index in [1.165, 1.54) is 5.56 Å². The monoisotopic (exact) mass is 314 g/mol. The number of anilines is 3. The fourth-order valence-corrected chi connectivity index (χ4v) is 3.44. The number of amides is 1. The Morgan fingerprint density at radius 1 is 1.21 bits per heavy atom. The van der Waals surface area contributed by atoms with E-state index >= 15 is 0 Å². The maximum absolute atomic E-state index is 12.3. The zero-order valence-electron chi connectivity index (χ0n) is 10.1. The lowest BCUT2D eigenvalue weighted by molar-refractivity contribution is 0.102. The first-order chi connectivity index (χ1) is 9.24. The molecule has 19 heavy (non-hydrogen) atoms. The van der Waals surface area contributed by atoms with E-state index in [0.717, 1.165) is 40.1 Å². The number of carbonyl (C=O) groups is 1. The predicted octanol–water partition coefficient (Wildman–Crippen LogP) is 3.71. The summed E-state index contributed by atoms with van der Waals surface area (Å²) in [6, 6.07) is 11.9. The van der Waals surface area contributed by atoms with Crippen molar-refractivity contribution in [2.24, 2.45) is 0 Å². The molecule has 2 heterocycles. The Kier molecular flexibility index (Phi) is 2.23. The summed E-state index contributed by atoms with van der Waals surface area (Å²) in [6.07, 6.45) is 1.01. The zero-order valence-corrected chi connectivity index (χ0v) is 11.7. The van der Waals surface area contributed by atoms with Crippen molar-refractivity contribution in [3.8, 4) is 0 Å². The van der Waals surface area contributed by atoms with Gasteiger partial charge in [0.25, 0.3) is 5.91 Å². The van der Waals surface area contributed by atoms with Crippen molar-refractivity contribution in [3.05, 3.63) is 52.0 Å². The Bertz CT molecular complexity index is 711. The van der Waals surface area contributed by atoms with Gasteiger partial charge in [0.05, 0.1) is 22.6 Å². The number of para-hydroxylation sites is 1. The molecule has 0 unspecified atom stereocenters. The number of halogens is 1. The van der Waals surface area contributed by atoms with Gasteiger partial charge in [-0.05, 0) is 36.2 Å². The van der Waals surface area contributed by atoms with E-state index in [9.17, 15) is 4.79 Å². The van der Waals surface area contributed by atoms with Gasteiger partial charge in [-0.3, -0.25) is 4.79 Å². The topological polar surface area (TPSA) is 32.3 Å². The van der Waals surface area contributed by atoms with Gasteiger partial charge in [-0.15, -0.1) is 0 Å². The first-order valence-electron chi connectivity index (χ1n) is 6.24. The molecule has 0 radical (unpaired) electrons. The molecule has 2 aliphatic heterocycles. The fraction of sp³-hybridized carbons (Fsp3) is 0.133. The van der Waals surface area contributed by atoms with E-state index in [1.54, 1.807) is 0 Å². The van der Waals surface area contributed by atoms with Gasteiger partial charge < -0.3 is 10.2 Å². The van der Waals surface area contributed by atoms with Crippen LogP contribution in [0.5, 0.6) is 0 Å². The molecule has 0 aliphatic carbocycles. The number of benzene rings is 2. The number of hydrogen-bond acceptors (Lipinski definition) is 2. The summed E-state index contributed by atoms with van der Waals surface area (Å²) in [5.74, 6) is -0.0368. The van der Waals surface area contributed by atoms with Crippen molar-refractivity contribution >= 4 is 38.9 Å². The lowest BCUT2D eigenvalue weighted by Crippen LogP contribution is -2.15. The van der Waals surface area contributed by atoms with E-state index in [4.69, 9.17) is 0 Å². The number of nitrogens with one attached hydrogen (secondary N) is 1. The van der Waals surface area contributed by atoms with Gasteiger partial charge in [0.2, 0.25) is 0 Å². The summed E-state index contributed by atoms with van der Waals surface area (Å²) in [5.41, 5.74) is 5.05. The van der Waals surface area contributed by atoms with Crippen LogP contribution in [0, 0.1) is 0 Å². The van der Waals surface area contributed by atoms with Crippen molar-refractivity contribution in [2.45, 2.75) is 6.42 Å². The molecule has 4 heteroatoms. The smallest absolute Gasteiger partial charge is 0.257 e. The molecular formula is C15H11BrN2O. The summed E-state index contributed by atoms with van der Waals surface area (Å²) in [6.45, 7) is 0.921. The summed E-state index contributed by atoms with van der Waals surface area (Å²) in [5, 5.41) is 3.02. The lowest BCUT2D eigenvalue weighted by atomic mass is 10.1. The van der Waals surface area contributed by atoms with Crippen molar-refractivity contribution in [2.75, 3.05) is 16.8 Å². The summed E-state index contributed by atoms with van der Waals surface area (Å²) in [7, 11) is 0. The maximum atomic E-state index is 12.3. The Labute approximate surface area is 119 Å². The molecule has 94 valence electrons. The Morgan fingerprint density at radius 3 is 2.95 bits per heavy atom. The molecule has 2 aromatic carbocycles. The average molecular weight is 315 g/mol. The highest BCUT2D eigenvalue weighted by Crippen LogP contribution is 2.45. The van der Waals surface area contributed by atoms with Gasteiger partial charge in [-0.2, -0.15) is 0 Å². The normalized spacial score (nSPS) is 15.6. The third-order valence-electron chi connectivity index (χ3n) is 3.72. The highest BCUT2D eigenvalue weighted by Gasteiger charge is 2.30. The first kappa shape index (κ1) is 11.1. The van der Waals surface area contributed by atoms with Crippen LogP contribution in [0.25, 0.3) is 0 Å². The molecule has 0 spiro atoms. The molecule has 0 aromatic heterocycles. The van der Waals surface area contributed by atoms with Gasteiger partial charge in [-0.25, -0.2) is 0 Å². The van der Waals surface area contributed by atoms with Crippen LogP contribution in [0.4, 0.5) is 17.1 Å². The molecular weight excluding hydrogens is 304 g/mol. The number of nitrogens with zero attached hydrogens (tertiary/aromatic N) is 1. The van der Waals surface area contributed by atoms with Gasteiger partial charge in [0.1, 0.15) is 0 Å². The van der Waals surface area contributed by atoms with Gasteiger partial charge in [0, 0.05) is 11.0 Å². The van der Waals surface area contributed by atoms with E-state index in [0.29, 0.717) is 0 Å². The molecule has 2 aromatic rings. The van der Waals surface area contributed by atoms with Crippen LogP contribution in [0.15, 0.2) is 40.9 Å². The highest BCUT2D eigenvalue weighted by molar-refractivity contribution is 9.10. The fourth-order valence-electron chi connectivity index (χ4n) is 2.94. The molecule has 0 saturated heterocycles. The average Bonchev–Trinajstić information content (AvgIpc) is 2.77. The Balaban J connectivity index is 2.03. The predicted molar refractivity (Wildman–Crippen MR) is 79.2 cm³/mol. The summed E-state index contributed by atoms with van der Waals surface area (Å²) < 4.78 is 1.01. The molecule has 2 aliphatic rings. The van der Waals surface area contributed by atoms with Crippen LogP contribution < -0.4 is 10.2 Å². The number of hydrogen-bond donors (Lipinski definition) is 1. The first-order valence-corrected chi connectivity index (χ1v) is 7.04. The van der Waals surface area contributed by atoms with Crippen LogP contribution in [-0.4, -0.2) is 12.5 Å². The third kappa shape index (κ3) is 1.53. The largest absolute Gasteiger partial charge is 0.339 e. The second-order valence-electron chi connectivity index (χ2n) is 4.83. The van der Waals surface area contributed by atoms with Crippen molar-refractivity contribution in [1.29, 1.82) is 0 Å². The lowest BCUT2D eigenvalue weighted by Gasteiger charge is -2.20. The third-order valence-corrected chi connectivity index (χ3v) is 4.17.